The Morgan fingerprint density at radius 1 is 1.05 bits per heavy atom. The average Bonchev–Trinajstić information content (AvgIpc) is 2.42. The summed E-state index contributed by atoms with van der Waals surface area (Å²) in [6.07, 6.45) is 1.18. The van der Waals surface area contributed by atoms with Gasteiger partial charge in [-0.25, -0.2) is 0 Å². The summed E-state index contributed by atoms with van der Waals surface area (Å²) in [4.78, 5) is 12.0. The molecule has 0 heterocycles. The number of benzene rings is 2. The zero-order valence-corrected chi connectivity index (χ0v) is 11.6. The second kappa shape index (κ2) is 6.39. The number of para-hydroxylation sites is 1. The van der Waals surface area contributed by atoms with Gasteiger partial charge in [0.25, 0.3) is 0 Å². The van der Waals surface area contributed by atoms with E-state index in [9.17, 15) is 4.79 Å². The van der Waals surface area contributed by atoms with Crippen molar-refractivity contribution >= 4 is 23.2 Å². The van der Waals surface area contributed by atoms with Crippen LogP contribution in [0.2, 0.25) is 5.02 Å². The van der Waals surface area contributed by atoms with Crippen LogP contribution in [0.15, 0.2) is 48.5 Å². The molecule has 0 aromatic heterocycles. The van der Waals surface area contributed by atoms with E-state index in [1.54, 1.807) is 6.07 Å². The second-order valence-electron chi connectivity index (χ2n) is 4.33. The summed E-state index contributed by atoms with van der Waals surface area (Å²) in [6, 6.07) is 15.2. The Morgan fingerprint density at radius 3 is 2.37 bits per heavy atom. The van der Waals surface area contributed by atoms with Crippen LogP contribution in [0.4, 0.5) is 5.69 Å². The van der Waals surface area contributed by atoms with E-state index in [2.05, 4.69) is 12.2 Å². The topological polar surface area (TPSA) is 29.1 Å². The third-order valence-electron chi connectivity index (χ3n) is 2.98. The van der Waals surface area contributed by atoms with Crippen LogP contribution >= 0.6 is 11.6 Å². The first-order chi connectivity index (χ1) is 9.20. The summed E-state index contributed by atoms with van der Waals surface area (Å²) in [6.45, 7) is 2.07. The van der Waals surface area contributed by atoms with E-state index in [1.165, 1.54) is 0 Å². The highest BCUT2D eigenvalue weighted by atomic mass is 35.5. The van der Waals surface area contributed by atoms with Gasteiger partial charge < -0.3 is 5.32 Å². The molecule has 1 N–H and O–H groups in total. The number of carbonyl (C=O) groups excluding carboxylic acids is 1. The fourth-order valence-electron chi connectivity index (χ4n) is 1.96. The molecule has 19 heavy (non-hydrogen) atoms. The van der Waals surface area contributed by atoms with Gasteiger partial charge in [0.15, 0.2) is 0 Å². The highest BCUT2D eigenvalue weighted by Crippen LogP contribution is 2.18. The Hall–Kier alpha value is -1.80. The van der Waals surface area contributed by atoms with Crippen LogP contribution in [0.25, 0.3) is 0 Å². The number of hydrogen-bond donors (Lipinski definition) is 1. The number of hydrogen-bond acceptors (Lipinski definition) is 1. The van der Waals surface area contributed by atoms with E-state index >= 15 is 0 Å². The maximum atomic E-state index is 12.0. The number of aryl methyl sites for hydroxylation is 1. The fourth-order valence-corrected chi connectivity index (χ4v) is 2.16. The van der Waals surface area contributed by atoms with Crippen molar-refractivity contribution in [3.63, 3.8) is 0 Å². The molecule has 0 saturated carbocycles. The van der Waals surface area contributed by atoms with Crippen molar-refractivity contribution in [3.05, 3.63) is 64.7 Å². The summed E-state index contributed by atoms with van der Waals surface area (Å²) in [7, 11) is 0. The third kappa shape index (κ3) is 3.58. The smallest absolute Gasteiger partial charge is 0.228 e. The minimum absolute atomic E-state index is 0.0472. The van der Waals surface area contributed by atoms with Gasteiger partial charge in [-0.3, -0.25) is 4.79 Å². The zero-order chi connectivity index (χ0) is 13.7. The van der Waals surface area contributed by atoms with Gasteiger partial charge >= 0.3 is 0 Å². The third-order valence-corrected chi connectivity index (χ3v) is 3.35. The number of anilines is 1. The van der Waals surface area contributed by atoms with Crippen molar-refractivity contribution in [1.82, 2.24) is 0 Å². The van der Waals surface area contributed by atoms with Gasteiger partial charge in [-0.1, -0.05) is 54.9 Å². The first kappa shape index (κ1) is 13.6. The quantitative estimate of drug-likeness (QED) is 0.893. The molecule has 0 aliphatic rings. The Balaban J connectivity index is 2.08. The molecule has 0 saturated heterocycles. The van der Waals surface area contributed by atoms with Gasteiger partial charge in [-0.05, 0) is 29.7 Å². The van der Waals surface area contributed by atoms with E-state index in [1.807, 2.05) is 42.5 Å². The minimum atomic E-state index is -0.0472. The Bertz CT molecular complexity index is 580. The zero-order valence-electron chi connectivity index (χ0n) is 10.8. The predicted molar refractivity (Wildman–Crippen MR) is 79.6 cm³/mol. The highest BCUT2D eigenvalue weighted by Gasteiger charge is 2.08. The van der Waals surface area contributed by atoms with Crippen molar-refractivity contribution in [3.8, 4) is 0 Å². The van der Waals surface area contributed by atoms with Crippen LogP contribution in [0.5, 0.6) is 0 Å². The van der Waals surface area contributed by atoms with Crippen molar-refractivity contribution in [2.75, 3.05) is 5.32 Å². The number of nitrogens with one attached hydrogen (secondary N) is 1. The van der Waals surface area contributed by atoms with Crippen LogP contribution in [0.3, 0.4) is 0 Å². The monoisotopic (exact) mass is 273 g/mol. The normalized spacial score (nSPS) is 10.2. The number of rotatable bonds is 4. The van der Waals surface area contributed by atoms with Crippen LogP contribution in [-0.2, 0) is 17.6 Å². The maximum Gasteiger partial charge on any atom is 0.228 e. The predicted octanol–water partition coefficient (Wildman–Crippen LogP) is 4.08. The van der Waals surface area contributed by atoms with Crippen LogP contribution in [0.1, 0.15) is 18.1 Å². The first-order valence-electron chi connectivity index (χ1n) is 6.32. The second-order valence-corrected chi connectivity index (χ2v) is 4.73. The standard InChI is InChI=1S/C16H16ClNO/c1-2-12-7-4-6-10-15(12)18-16(19)11-13-8-3-5-9-14(13)17/h3-10H,2,11H2,1H3,(H,18,19). The van der Waals surface area contributed by atoms with Gasteiger partial charge in [0.1, 0.15) is 0 Å². The van der Waals surface area contributed by atoms with Gasteiger partial charge in [0, 0.05) is 10.7 Å². The molecule has 0 bridgehead atoms. The lowest BCUT2D eigenvalue weighted by atomic mass is 10.1. The molecule has 0 radical (unpaired) electrons. The molecular weight excluding hydrogens is 258 g/mol. The fraction of sp³-hybridized carbons (Fsp3) is 0.188. The van der Waals surface area contributed by atoms with Crippen molar-refractivity contribution in [1.29, 1.82) is 0 Å². The van der Waals surface area contributed by atoms with Crippen molar-refractivity contribution < 1.29 is 4.79 Å². The lowest BCUT2D eigenvalue weighted by Crippen LogP contribution is -2.15. The van der Waals surface area contributed by atoms with E-state index < -0.39 is 0 Å². The average molecular weight is 274 g/mol. The maximum absolute atomic E-state index is 12.0. The van der Waals surface area contributed by atoms with E-state index in [0.29, 0.717) is 5.02 Å². The first-order valence-corrected chi connectivity index (χ1v) is 6.69. The largest absolute Gasteiger partial charge is 0.326 e. The molecule has 98 valence electrons. The van der Waals surface area contributed by atoms with Gasteiger partial charge in [0.2, 0.25) is 5.91 Å². The Kier molecular flexibility index (Phi) is 4.58. The van der Waals surface area contributed by atoms with E-state index in [0.717, 1.165) is 23.2 Å². The number of carbonyl (C=O) groups is 1. The van der Waals surface area contributed by atoms with Crippen molar-refractivity contribution in [2.24, 2.45) is 0 Å². The molecule has 2 rings (SSSR count). The summed E-state index contributed by atoms with van der Waals surface area (Å²) >= 11 is 6.05. The van der Waals surface area contributed by atoms with Gasteiger partial charge in [-0.2, -0.15) is 0 Å². The molecule has 0 aliphatic heterocycles. The Labute approximate surface area is 118 Å². The molecule has 2 aromatic rings. The molecule has 0 spiro atoms. The molecule has 1 amide bonds. The Morgan fingerprint density at radius 2 is 1.68 bits per heavy atom. The van der Waals surface area contributed by atoms with E-state index in [4.69, 9.17) is 11.6 Å². The summed E-state index contributed by atoms with van der Waals surface area (Å²) in [5.41, 5.74) is 2.85. The van der Waals surface area contributed by atoms with Crippen LogP contribution in [0, 0.1) is 0 Å². The number of halogens is 1. The molecule has 0 unspecified atom stereocenters. The van der Waals surface area contributed by atoms with Gasteiger partial charge in [-0.15, -0.1) is 0 Å². The molecule has 2 aromatic carbocycles. The highest BCUT2D eigenvalue weighted by molar-refractivity contribution is 6.31. The summed E-state index contributed by atoms with van der Waals surface area (Å²) in [5, 5.41) is 3.57. The van der Waals surface area contributed by atoms with Crippen LogP contribution < -0.4 is 5.32 Å². The molecular formula is C16H16ClNO. The van der Waals surface area contributed by atoms with Gasteiger partial charge in [0.05, 0.1) is 6.42 Å². The van der Waals surface area contributed by atoms with E-state index in [-0.39, 0.29) is 12.3 Å². The molecule has 3 heteroatoms. The minimum Gasteiger partial charge on any atom is -0.326 e. The lowest BCUT2D eigenvalue weighted by Gasteiger charge is -2.10. The lowest BCUT2D eigenvalue weighted by molar-refractivity contribution is -0.115. The molecule has 0 aliphatic carbocycles. The summed E-state index contributed by atoms with van der Waals surface area (Å²) in [5.74, 6) is -0.0472. The van der Waals surface area contributed by atoms with Crippen LogP contribution in [-0.4, -0.2) is 5.91 Å². The van der Waals surface area contributed by atoms with Crippen molar-refractivity contribution in [2.45, 2.75) is 19.8 Å². The molecule has 0 atom stereocenters. The SMILES string of the molecule is CCc1ccccc1NC(=O)Cc1ccccc1Cl. The summed E-state index contributed by atoms with van der Waals surface area (Å²) < 4.78 is 0. The number of amides is 1. The molecule has 0 fully saturated rings. The molecule has 2 nitrogen and oxygen atoms in total.